The number of benzene rings is 1. The fourth-order valence-corrected chi connectivity index (χ4v) is 2.01. The predicted molar refractivity (Wildman–Crippen MR) is 74.3 cm³/mol. The average molecular weight is 254 g/mol. The molecule has 1 amide bonds. The van der Waals surface area contributed by atoms with Crippen molar-refractivity contribution in [1.82, 2.24) is 4.98 Å². The van der Waals surface area contributed by atoms with E-state index in [2.05, 4.69) is 10.3 Å². The van der Waals surface area contributed by atoms with Gasteiger partial charge in [0, 0.05) is 29.2 Å². The van der Waals surface area contributed by atoms with Gasteiger partial charge in [-0.15, -0.1) is 0 Å². The molecule has 4 heteroatoms. The van der Waals surface area contributed by atoms with Crippen molar-refractivity contribution in [2.75, 3.05) is 5.32 Å². The molecule has 0 atom stereocenters. The number of rotatable bonds is 3. The van der Waals surface area contributed by atoms with Crippen molar-refractivity contribution in [3.8, 4) is 0 Å². The molecular formula is C15H14N2O2. The maximum absolute atomic E-state index is 12.0. The number of H-pyrrole nitrogens is 1. The summed E-state index contributed by atoms with van der Waals surface area (Å²) in [5.41, 5.74) is 1.80. The van der Waals surface area contributed by atoms with E-state index < -0.39 is 0 Å². The normalized spacial score (nSPS) is 10.8. The van der Waals surface area contributed by atoms with Crippen LogP contribution in [0.15, 0.2) is 47.0 Å². The van der Waals surface area contributed by atoms with E-state index in [1.165, 1.54) is 0 Å². The molecule has 2 heterocycles. The lowest BCUT2D eigenvalue weighted by Gasteiger charge is -2.03. The summed E-state index contributed by atoms with van der Waals surface area (Å²) in [5, 5.41) is 3.89. The second-order valence-electron chi connectivity index (χ2n) is 4.35. The molecule has 0 aliphatic rings. The first-order chi connectivity index (χ1) is 9.26. The summed E-state index contributed by atoms with van der Waals surface area (Å²) >= 11 is 0. The molecule has 0 aliphatic heterocycles. The Morgan fingerprint density at radius 3 is 2.95 bits per heavy atom. The highest BCUT2D eigenvalue weighted by Gasteiger charge is 2.11. The Morgan fingerprint density at radius 1 is 1.26 bits per heavy atom. The summed E-state index contributed by atoms with van der Waals surface area (Å²) in [4.78, 5) is 15.1. The smallest absolute Gasteiger partial charge is 0.291 e. The van der Waals surface area contributed by atoms with Gasteiger partial charge in [-0.25, -0.2) is 0 Å². The maximum atomic E-state index is 12.0. The van der Waals surface area contributed by atoms with Crippen molar-refractivity contribution >= 4 is 22.5 Å². The summed E-state index contributed by atoms with van der Waals surface area (Å²) in [5.74, 6) is 0.923. The fraction of sp³-hybridized carbons (Fsp3) is 0.133. The molecule has 0 saturated heterocycles. The van der Waals surface area contributed by atoms with Gasteiger partial charge in [-0.05, 0) is 36.4 Å². The maximum Gasteiger partial charge on any atom is 0.291 e. The molecule has 4 nitrogen and oxygen atoms in total. The van der Waals surface area contributed by atoms with Crippen molar-refractivity contribution in [3.63, 3.8) is 0 Å². The van der Waals surface area contributed by atoms with Crippen molar-refractivity contribution in [2.45, 2.75) is 13.3 Å². The van der Waals surface area contributed by atoms with Gasteiger partial charge in [-0.1, -0.05) is 6.92 Å². The highest BCUT2D eigenvalue weighted by molar-refractivity contribution is 6.03. The van der Waals surface area contributed by atoms with Gasteiger partial charge in [0.1, 0.15) is 5.76 Å². The molecular weight excluding hydrogens is 240 g/mol. The molecule has 0 radical (unpaired) electrons. The third kappa shape index (κ3) is 2.25. The summed E-state index contributed by atoms with van der Waals surface area (Å²) in [6, 6.07) is 11.2. The number of hydrogen-bond acceptors (Lipinski definition) is 2. The van der Waals surface area contributed by atoms with Crippen LogP contribution in [0.3, 0.4) is 0 Å². The fourth-order valence-electron chi connectivity index (χ4n) is 2.01. The zero-order valence-electron chi connectivity index (χ0n) is 10.6. The van der Waals surface area contributed by atoms with E-state index in [0.717, 1.165) is 28.8 Å². The number of aryl methyl sites for hydroxylation is 1. The zero-order valence-corrected chi connectivity index (χ0v) is 10.6. The van der Waals surface area contributed by atoms with Gasteiger partial charge >= 0.3 is 0 Å². The Morgan fingerprint density at radius 2 is 2.16 bits per heavy atom. The molecule has 0 unspecified atom stereocenters. The summed E-state index contributed by atoms with van der Waals surface area (Å²) < 4.78 is 5.42. The molecule has 19 heavy (non-hydrogen) atoms. The van der Waals surface area contributed by atoms with E-state index in [0.29, 0.717) is 5.76 Å². The summed E-state index contributed by atoms with van der Waals surface area (Å²) in [6.07, 6.45) is 2.65. The van der Waals surface area contributed by atoms with Gasteiger partial charge in [0.2, 0.25) is 0 Å². The number of aromatic nitrogens is 1. The van der Waals surface area contributed by atoms with Crippen LogP contribution >= 0.6 is 0 Å². The first-order valence-electron chi connectivity index (χ1n) is 6.23. The van der Waals surface area contributed by atoms with Crippen LogP contribution in [0, 0.1) is 0 Å². The van der Waals surface area contributed by atoms with E-state index in [-0.39, 0.29) is 5.91 Å². The van der Waals surface area contributed by atoms with Crippen LogP contribution in [0.1, 0.15) is 23.2 Å². The number of amides is 1. The molecule has 0 saturated carbocycles. The number of furan rings is 1. The van der Waals surface area contributed by atoms with Gasteiger partial charge in [-0.2, -0.15) is 0 Å². The first kappa shape index (κ1) is 11.6. The van der Waals surface area contributed by atoms with Gasteiger partial charge in [0.15, 0.2) is 5.76 Å². The van der Waals surface area contributed by atoms with Crippen LogP contribution in [0.5, 0.6) is 0 Å². The van der Waals surface area contributed by atoms with Gasteiger partial charge in [0.25, 0.3) is 5.91 Å². The predicted octanol–water partition coefficient (Wildman–Crippen LogP) is 3.58. The van der Waals surface area contributed by atoms with Crippen molar-refractivity contribution in [3.05, 3.63) is 54.1 Å². The van der Waals surface area contributed by atoms with Gasteiger partial charge in [0.05, 0.1) is 0 Å². The van der Waals surface area contributed by atoms with Crippen LogP contribution in [0.4, 0.5) is 5.69 Å². The Balaban J connectivity index is 1.81. The van der Waals surface area contributed by atoms with Crippen LogP contribution in [-0.2, 0) is 6.42 Å². The SMILES string of the molecule is CCc1ccc(C(=O)Nc2ccc3[nH]ccc3c2)o1. The number of carbonyl (C=O) groups is 1. The van der Waals surface area contributed by atoms with Crippen molar-refractivity contribution < 1.29 is 9.21 Å². The standard InChI is InChI=1S/C15H14N2O2/c1-2-12-4-6-14(19-12)15(18)17-11-3-5-13-10(9-11)7-8-16-13/h3-9,16H,2H2,1H3,(H,17,18). The molecule has 96 valence electrons. The number of anilines is 1. The minimum atomic E-state index is -0.227. The first-order valence-corrected chi connectivity index (χ1v) is 6.23. The monoisotopic (exact) mass is 254 g/mol. The number of fused-ring (bicyclic) bond motifs is 1. The molecule has 3 rings (SSSR count). The van der Waals surface area contributed by atoms with Crippen LogP contribution in [0.25, 0.3) is 10.9 Å². The van der Waals surface area contributed by atoms with E-state index in [4.69, 9.17) is 4.42 Å². The highest BCUT2D eigenvalue weighted by atomic mass is 16.3. The highest BCUT2D eigenvalue weighted by Crippen LogP contribution is 2.19. The van der Waals surface area contributed by atoms with E-state index in [9.17, 15) is 4.79 Å². The third-order valence-corrected chi connectivity index (χ3v) is 3.05. The van der Waals surface area contributed by atoms with Crippen molar-refractivity contribution in [2.24, 2.45) is 0 Å². The molecule has 0 fully saturated rings. The minimum Gasteiger partial charge on any atom is -0.456 e. The third-order valence-electron chi connectivity index (χ3n) is 3.05. The van der Waals surface area contributed by atoms with Gasteiger partial charge < -0.3 is 14.7 Å². The van der Waals surface area contributed by atoms with E-state index >= 15 is 0 Å². The lowest BCUT2D eigenvalue weighted by atomic mass is 10.2. The Labute approximate surface area is 110 Å². The molecule has 0 bridgehead atoms. The van der Waals surface area contributed by atoms with Crippen LogP contribution in [-0.4, -0.2) is 10.9 Å². The number of aromatic amines is 1. The lowest BCUT2D eigenvalue weighted by molar-refractivity contribution is 0.0995. The van der Waals surface area contributed by atoms with E-state index in [1.54, 1.807) is 6.07 Å². The topological polar surface area (TPSA) is 58.0 Å². The summed E-state index contributed by atoms with van der Waals surface area (Å²) in [7, 11) is 0. The second-order valence-corrected chi connectivity index (χ2v) is 4.35. The summed E-state index contributed by atoms with van der Waals surface area (Å²) in [6.45, 7) is 1.99. The Bertz CT molecular complexity index is 724. The number of hydrogen-bond donors (Lipinski definition) is 2. The largest absolute Gasteiger partial charge is 0.456 e. The van der Waals surface area contributed by atoms with Crippen LogP contribution < -0.4 is 5.32 Å². The van der Waals surface area contributed by atoms with Crippen molar-refractivity contribution in [1.29, 1.82) is 0 Å². The molecule has 2 aromatic heterocycles. The van der Waals surface area contributed by atoms with E-state index in [1.807, 2.05) is 43.5 Å². The quantitative estimate of drug-likeness (QED) is 0.750. The number of nitrogens with one attached hydrogen (secondary N) is 2. The minimum absolute atomic E-state index is 0.227. The lowest BCUT2D eigenvalue weighted by Crippen LogP contribution is -2.10. The molecule has 0 spiro atoms. The molecule has 0 aliphatic carbocycles. The Kier molecular flexibility index (Phi) is 2.83. The second kappa shape index (κ2) is 4.65. The number of carbonyl (C=O) groups excluding carboxylic acids is 1. The molecule has 2 N–H and O–H groups in total. The van der Waals surface area contributed by atoms with Gasteiger partial charge in [-0.3, -0.25) is 4.79 Å². The molecule has 3 aromatic rings. The molecule has 1 aromatic carbocycles. The zero-order chi connectivity index (χ0) is 13.2. The van der Waals surface area contributed by atoms with Crippen LogP contribution in [0.2, 0.25) is 0 Å². The average Bonchev–Trinajstić information content (AvgIpc) is 3.06. The Hall–Kier alpha value is -2.49.